The van der Waals surface area contributed by atoms with Crippen molar-refractivity contribution in [3.8, 4) is 0 Å². The van der Waals surface area contributed by atoms with Crippen LogP contribution in [0.5, 0.6) is 0 Å². The zero-order valence-electron chi connectivity index (χ0n) is 14.9. The van der Waals surface area contributed by atoms with E-state index < -0.39 is 5.60 Å². The molecular formula is C18H34N2O2. The number of ether oxygens (including phenoxy) is 1. The molecule has 1 amide bonds. The number of amides is 1. The van der Waals surface area contributed by atoms with Crippen LogP contribution in [0.4, 0.5) is 4.79 Å². The Labute approximate surface area is 136 Å². The maximum absolute atomic E-state index is 12.4. The van der Waals surface area contributed by atoms with Gasteiger partial charge in [0.25, 0.3) is 0 Å². The van der Waals surface area contributed by atoms with E-state index in [1.165, 1.54) is 32.1 Å². The van der Waals surface area contributed by atoms with Crippen LogP contribution in [0.2, 0.25) is 0 Å². The van der Waals surface area contributed by atoms with E-state index in [1.54, 1.807) is 0 Å². The molecule has 0 radical (unpaired) electrons. The molecule has 1 atom stereocenters. The fourth-order valence-electron chi connectivity index (χ4n) is 3.54. The van der Waals surface area contributed by atoms with Crippen LogP contribution in [-0.4, -0.2) is 41.8 Å². The highest BCUT2D eigenvalue weighted by molar-refractivity contribution is 5.68. The highest BCUT2D eigenvalue weighted by Gasteiger charge is 2.31. The van der Waals surface area contributed by atoms with Crippen LogP contribution >= 0.6 is 0 Å². The Kier molecular flexibility index (Phi) is 6.13. The monoisotopic (exact) mass is 310 g/mol. The summed E-state index contributed by atoms with van der Waals surface area (Å²) < 4.78 is 5.57. The predicted octanol–water partition coefficient (Wildman–Crippen LogP) is 3.94. The molecule has 1 aliphatic heterocycles. The van der Waals surface area contributed by atoms with Gasteiger partial charge in [-0.2, -0.15) is 0 Å². The molecule has 1 aliphatic carbocycles. The van der Waals surface area contributed by atoms with E-state index in [0.29, 0.717) is 12.1 Å². The fourth-order valence-corrected chi connectivity index (χ4v) is 3.54. The molecule has 0 unspecified atom stereocenters. The lowest BCUT2D eigenvalue weighted by Gasteiger charge is -2.38. The van der Waals surface area contributed by atoms with Gasteiger partial charge in [0.15, 0.2) is 0 Å². The van der Waals surface area contributed by atoms with E-state index in [1.807, 2.05) is 25.7 Å². The first-order valence-corrected chi connectivity index (χ1v) is 9.08. The van der Waals surface area contributed by atoms with Gasteiger partial charge in [-0.1, -0.05) is 6.92 Å². The van der Waals surface area contributed by atoms with Crippen molar-refractivity contribution >= 4 is 6.09 Å². The van der Waals surface area contributed by atoms with Crippen molar-refractivity contribution in [2.24, 2.45) is 5.92 Å². The van der Waals surface area contributed by atoms with E-state index >= 15 is 0 Å². The maximum atomic E-state index is 12.4. The Morgan fingerprint density at radius 2 is 1.82 bits per heavy atom. The SMILES string of the molecule is CC1CCC(NC[C@H]2CCCCN2C(=O)OC(C)(C)C)CC1. The Morgan fingerprint density at radius 1 is 1.14 bits per heavy atom. The third kappa shape index (κ3) is 5.45. The minimum absolute atomic E-state index is 0.142. The lowest BCUT2D eigenvalue weighted by Crippen LogP contribution is -2.51. The maximum Gasteiger partial charge on any atom is 0.410 e. The lowest BCUT2D eigenvalue weighted by atomic mass is 9.87. The van der Waals surface area contributed by atoms with Gasteiger partial charge in [-0.15, -0.1) is 0 Å². The van der Waals surface area contributed by atoms with Crippen LogP contribution in [0.3, 0.4) is 0 Å². The minimum atomic E-state index is -0.411. The Balaban J connectivity index is 1.83. The van der Waals surface area contributed by atoms with Crippen LogP contribution < -0.4 is 5.32 Å². The molecule has 2 rings (SSSR count). The number of hydrogen-bond donors (Lipinski definition) is 1. The number of nitrogens with one attached hydrogen (secondary N) is 1. The molecule has 4 nitrogen and oxygen atoms in total. The standard InChI is InChI=1S/C18H34N2O2/c1-14-8-10-15(11-9-14)19-13-16-7-5-6-12-20(16)17(21)22-18(2,3)4/h14-16,19H,5-13H2,1-4H3/t14?,15?,16-/m1/s1. The third-order valence-corrected chi connectivity index (χ3v) is 4.91. The van der Waals surface area contributed by atoms with Crippen LogP contribution in [0, 0.1) is 5.92 Å². The summed E-state index contributed by atoms with van der Waals surface area (Å²) >= 11 is 0. The van der Waals surface area contributed by atoms with E-state index in [-0.39, 0.29) is 6.09 Å². The Morgan fingerprint density at radius 3 is 2.45 bits per heavy atom. The summed E-state index contributed by atoms with van der Waals surface area (Å²) in [4.78, 5) is 14.3. The molecule has 0 aromatic carbocycles. The largest absolute Gasteiger partial charge is 0.444 e. The van der Waals surface area contributed by atoms with Gasteiger partial charge in [0.05, 0.1) is 0 Å². The summed E-state index contributed by atoms with van der Waals surface area (Å²) in [6, 6.07) is 0.932. The van der Waals surface area contributed by atoms with Gasteiger partial charge in [0, 0.05) is 25.2 Å². The number of hydrogen-bond acceptors (Lipinski definition) is 3. The van der Waals surface area contributed by atoms with E-state index in [4.69, 9.17) is 4.74 Å². The van der Waals surface area contributed by atoms with Gasteiger partial charge >= 0.3 is 6.09 Å². The van der Waals surface area contributed by atoms with E-state index in [2.05, 4.69) is 12.2 Å². The third-order valence-electron chi connectivity index (χ3n) is 4.91. The zero-order valence-corrected chi connectivity index (χ0v) is 14.9. The molecule has 0 bridgehead atoms. The van der Waals surface area contributed by atoms with Crippen LogP contribution in [0.1, 0.15) is 72.6 Å². The summed E-state index contributed by atoms with van der Waals surface area (Å²) in [5.41, 5.74) is -0.411. The molecular weight excluding hydrogens is 276 g/mol. The molecule has 4 heteroatoms. The number of carbonyl (C=O) groups excluding carboxylic acids is 1. The summed E-state index contributed by atoms with van der Waals surface area (Å²) in [6.07, 6.45) is 8.48. The highest BCUT2D eigenvalue weighted by atomic mass is 16.6. The van der Waals surface area contributed by atoms with Crippen molar-refractivity contribution in [1.29, 1.82) is 0 Å². The lowest BCUT2D eigenvalue weighted by molar-refractivity contribution is 0.00948. The zero-order chi connectivity index (χ0) is 16.2. The second-order valence-electron chi connectivity index (χ2n) is 8.19. The Hall–Kier alpha value is -0.770. The van der Waals surface area contributed by atoms with Gasteiger partial charge in [0.2, 0.25) is 0 Å². The normalized spacial score (nSPS) is 30.2. The summed E-state index contributed by atoms with van der Waals surface area (Å²) in [7, 11) is 0. The molecule has 128 valence electrons. The van der Waals surface area contributed by atoms with Gasteiger partial charge in [-0.3, -0.25) is 0 Å². The highest BCUT2D eigenvalue weighted by Crippen LogP contribution is 2.24. The first kappa shape index (κ1) is 17.6. The molecule has 1 saturated heterocycles. The first-order chi connectivity index (χ1) is 10.3. The molecule has 2 aliphatic rings. The van der Waals surface area contributed by atoms with E-state index in [0.717, 1.165) is 31.8 Å². The number of rotatable bonds is 3. The predicted molar refractivity (Wildman–Crippen MR) is 90.0 cm³/mol. The summed E-state index contributed by atoms with van der Waals surface area (Å²) in [6.45, 7) is 9.91. The summed E-state index contributed by atoms with van der Waals surface area (Å²) in [5, 5.41) is 3.71. The Bertz CT molecular complexity index is 357. The molecule has 22 heavy (non-hydrogen) atoms. The topological polar surface area (TPSA) is 41.6 Å². The van der Waals surface area contributed by atoms with Gasteiger partial charge in [-0.25, -0.2) is 4.79 Å². The smallest absolute Gasteiger partial charge is 0.410 e. The van der Waals surface area contributed by atoms with Crippen molar-refractivity contribution in [2.75, 3.05) is 13.1 Å². The van der Waals surface area contributed by atoms with Gasteiger partial charge in [0.1, 0.15) is 5.60 Å². The van der Waals surface area contributed by atoms with Crippen molar-refractivity contribution in [1.82, 2.24) is 10.2 Å². The van der Waals surface area contributed by atoms with Gasteiger partial charge in [-0.05, 0) is 71.6 Å². The number of piperidine rings is 1. The van der Waals surface area contributed by atoms with Crippen molar-refractivity contribution in [2.45, 2.75) is 90.3 Å². The van der Waals surface area contributed by atoms with Gasteiger partial charge < -0.3 is 15.0 Å². The molecule has 0 spiro atoms. The molecule has 2 fully saturated rings. The van der Waals surface area contributed by atoms with Crippen LogP contribution in [-0.2, 0) is 4.74 Å². The molecule has 0 aromatic heterocycles. The first-order valence-electron chi connectivity index (χ1n) is 9.08. The second kappa shape index (κ2) is 7.67. The van der Waals surface area contributed by atoms with Crippen molar-refractivity contribution in [3.05, 3.63) is 0 Å². The fraction of sp³-hybridized carbons (Fsp3) is 0.944. The number of nitrogens with zero attached hydrogens (tertiary/aromatic N) is 1. The number of likely N-dealkylation sites (tertiary alicyclic amines) is 1. The van der Waals surface area contributed by atoms with Crippen molar-refractivity contribution < 1.29 is 9.53 Å². The van der Waals surface area contributed by atoms with E-state index in [9.17, 15) is 4.79 Å². The minimum Gasteiger partial charge on any atom is -0.444 e. The molecule has 1 heterocycles. The molecule has 1 saturated carbocycles. The molecule has 1 N–H and O–H groups in total. The quantitative estimate of drug-likeness (QED) is 0.858. The average molecular weight is 310 g/mol. The second-order valence-corrected chi connectivity index (χ2v) is 8.19. The average Bonchev–Trinajstić information content (AvgIpc) is 2.45. The summed E-state index contributed by atoms with van der Waals surface area (Å²) in [5.74, 6) is 0.881. The number of carbonyl (C=O) groups is 1. The molecule has 0 aromatic rings. The van der Waals surface area contributed by atoms with Crippen LogP contribution in [0.25, 0.3) is 0 Å². The van der Waals surface area contributed by atoms with Crippen molar-refractivity contribution in [3.63, 3.8) is 0 Å². The van der Waals surface area contributed by atoms with Crippen LogP contribution in [0.15, 0.2) is 0 Å².